The summed E-state index contributed by atoms with van der Waals surface area (Å²) >= 11 is 0. The van der Waals surface area contributed by atoms with E-state index in [-0.39, 0.29) is 12.5 Å². The van der Waals surface area contributed by atoms with Gasteiger partial charge in [0.15, 0.2) is 0 Å². The number of hydrogen-bond donors (Lipinski definition) is 2. The lowest BCUT2D eigenvalue weighted by Gasteiger charge is -2.05. The van der Waals surface area contributed by atoms with Crippen LogP contribution in [0.4, 0.5) is 0 Å². The molecule has 4 nitrogen and oxygen atoms in total. The number of rotatable bonds is 4. The minimum atomic E-state index is -0.193. The summed E-state index contributed by atoms with van der Waals surface area (Å²) < 4.78 is 0. The Bertz CT molecular complexity index is 657. The van der Waals surface area contributed by atoms with Gasteiger partial charge in [-0.1, -0.05) is 24.0 Å². The average molecular weight is 280 g/mol. The van der Waals surface area contributed by atoms with Crippen LogP contribution in [0.25, 0.3) is 0 Å². The van der Waals surface area contributed by atoms with Gasteiger partial charge in [-0.25, -0.2) is 0 Å². The zero-order chi connectivity index (χ0) is 14.9. The van der Waals surface area contributed by atoms with E-state index in [0.29, 0.717) is 17.7 Å². The van der Waals surface area contributed by atoms with Crippen LogP contribution in [0.2, 0.25) is 0 Å². The van der Waals surface area contributed by atoms with E-state index in [2.05, 4.69) is 22.1 Å². The molecule has 0 unspecified atom stereocenters. The van der Waals surface area contributed by atoms with Crippen LogP contribution in [0.5, 0.6) is 0 Å². The highest BCUT2D eigenvalue weighted by atomic mass is 16.2. The molecule has 0 saturated carbocycles. The molecule has 0 bridgehead atoms. The van der Waals surface area contributed by atoms with E-state index < -0.39 is 0 Å². The molecule has 0 spiro atoms. The summed E-state index contributed by atoms with van der Waals surface area (Å²) in [5.41, 5.74) is 2.36. The third-order valence-corrected chi connectivity index (χ3v) is 2.86. The van der Waals surface area contributed by atoms with Crippen molar-refractivity contribution in [3.8, 4) is 11.8 Å². The Balaban J connectivity index is 1.91. The maximum Gasteiger partial charge on any atom is 0.251 e. The molecule has 4 heteroatoms. The number of aliphatic hydroxyl groups is 1. The van der Waals surface area contributed by atoms with Crippen molar-refractivity contribution in [1.82, 2.24) is 10.3 Å². The molecule has 1 aromatic heterocycles. The summed E-state index contributed by atoms with van der Waals surface area (Å²) in [4.78, 5) is 16.1. The van der Waals surface area contributed by atoms with Gasteiger partial charge in [-0.2, -0.15) is 0 Å². The van der Waals surface area contributed by atoms with Gasteiger partial charge in [0.1, 0.15) is 6.61 Å². The maximum absolute atomic E-state index is 12.0. The van der Waals surface area contributed by atoms with Gasteiger partial charge in [0.05, 0.1) is 0 Å². The molecule has 0 aliphatic heterocycles. The van der Waals surface area contributed by atoms with Crippen molar-refractivity contribution in [2.24, 2.45) is 0 Å². The lowest BCUT2D eigenvalue weighted by molar-refractivity contribution is 0.0954. The molecule has 2 aromatic rings. The molecule has 0 atom stereocenters. The number of amides is 1. The molecule has 21 heavy (non-hydrogen) atoms. The number of aliphatic hydroxyl groups excluding tert-OH is 1. The van der Waals surface area contributed by atoms with E-state index >= 15 is 0 Å². The first-order valence-electron chi connectivity index (χ1n) is 6.66. The number of aromatic nitrogens is 1. The Kier molecular flexibility index (Phi) is 5.50. The van der Waals surface area contributed by atoms with Crippen molar-refractivity contribution in [3.05, 3.63) is 65.5 Å². The van der Waals surface area contributed by atoms with E-state index in [4.69, 9.17) is 5.11 Å². The number of benzene rings is 1. The third-order valence-electron chi connectivity index (χ3n) is 2.86. The van der Waals surface area contributed by atoms with E-state index in [1.807, 2.05) is 12.1 Å². The number of pyridine rings is 1. The highest BCUT2D eigenvalue weighted by molar-refractivity contribution is 5.94. The molecule has 0 aliphatic rings. The largest absolute Gasteiger partial charge is 0.384 e. The second-order valence-corrected chi connectivity index (χ2v) is 4.41. The zero-order valence-electron chi connectivity index (χ0n) is 11.5. The van der Waals surface area contributed by atoms with Crippen molar-refractivity contribution >= 4 is 5.91 Å². The summed E-state index contributed by atoms with van der Waals surface area (Å²) in [7, 11) is 0. The van der Waals surface area contributed by atoms with Gasteiger partial charge in [0.25, 0.3) is 5.91 Å². The molecule has 2 N–H and O–H groups in total. The first-order valence-corrected chi connectivity index (χ1v) is 6.66. The first-order chi connectivity index (χ1) is 10.3. The molecule has 0 fully saturated rings. The molecule has 1 amide bonds. The highest BCUT2D eigenvalue weighted by Crippen LogP contribution is 2.04. The fourth-order valence-corrected chi connectivity index (χ4v) is 1.85. The minimum Gasteiger partial charge on any atom is -0.384 e. The Morgan fingerprint density at radius 2 is 2.19 bits per heavy atom. The van der Waals surface area contributed by atoms with Gasteiger partial charge >= 0.3 is 0 Å². The van der Waals surface area contributed by atoms with E-state index in [0.717, 1.165) is 12.0 Å². The van der Waals surface area contributed by atoms with E-state index in [9.17, 15) is 4.79 Å². The molecule has 1 aromatic carbocycles. The summed E-state index contributed by atoms with van der Waals surface area (Å²) in [6.45, 7) is 0.360. The molecule has 106 valence electrons. The summed E-state index contributed by atoms with van der Waals surface area (Å²) in [6, 6.07) is 10.9. The standard InChI is InChI=1S/C17H16N2O2/c20-11-3-6-14-4-1-7-16(12-14)17(21)19-10-8-15-5-2-9-18-13-15/h1-2,4-5,7,9,12-13,20H,8,10-11H2,(H,19,21). The van der Waals surface area contributed by atoms with Gasteiger partial charge in [0.2, 0.25) is 0 Å². The van der Waals surface area contributed by atoms with Crippen molar-refractivity contribution in [2.75, 3.05) is 13.2 Å². The smallest absolute Gasteiger partial charge is 0.251 e. The molecule has 1 heterocycles. The second-order valence-electron chi connectivity index (χ2n) is 4.41. The van der Waals surface area contributed by atoms with E-state index in [1.165, 1.54) is 0 Å². The summed E-state index contributed by atoms with van der Waals surface area (Å²) in [5, 5.41) is 11.5. The number of nitrogens with one attached hydrogen (secondary N) is 1. The van der Waals surface area contributed by atoms with Gasteiger partial charge < -0.3 is 10.4 Å². The number of hydrogen-bond acceptors (Lipinski definition) is 3. The predicted molar refractivity (Wildman–Crippen MR) is 80.7 cm³/mol. The lowest BCUT2D eigenvalue weighted by Crippen LogP contribution is -2.25. The predicted octanol–water partition coefficient (Wildman–Crippen LogP) is 1.40. The molecule has 2 rings (SSSR count). The van der Waals surface area contributed by atoms with Crippen LogP contribution in [0.1, 0.15) is 21.5 Å². The average Bonchev–Trinajstić information content (AvgIpc) is 2.54. The highest BCUT2D eigenvalue weighted by Gasteiger charge is 2.05. The van der Waals surface area contributed by atoms with Crippen LogP contribution in [-0.4, -0.2) is 29.1 Å². The SMILES string of the molecule is O=C(NCCc1cccnc1)c1cccc(C#CCO)c1. The molecular formula is C17H16N2O2. The fraction of sp³-hybridized carbons (Fsp3) is 0.176. The number of carbonyl (C=O) groups is 1. The topological polar surface area (TPSA) is 62.2 Å². The van der Waals surface area contributed by atoms with E-state index in [1.54, 1.807) is 36.7 Å². The number of nitrogens with zero attached hydrogens (tertiary/aromatic N) is 1. The second kappa shape index (κ2) is 7.83. The quantitative estimate of drug-likeness (QED) is 0.832. The van der Waals surface area contributed by atoms with Crippen LogP contribution < -0.4 is 5.32 Å². The van der Waals surface area contributed by atoms with Gasteiger partial charge in [0, 0.05) is 30.1 Å². The molecule has 0 saturated heterocycles. The van der Waals surface area contributed by atoms with Crippen LogP contribution in [0.3, 0.4) is 0 Å². The van der Waals surface area contributed by atoms with Gasteiger partial charge in [-0.3, -0.25) is 9.78 Å². The van der Waals surface area contributed by atoms with Crippen molar-refractivity contribution in [1.29, 1.82) is 0 Å². The van der Waals surface area contributed by atoms with Crippen LogP contribution >= 0.6 is 0 Å². The van der Waals surface area contributed by atoms with Crippen molar-refractivity contribution in [3.63, 3.8) is 0 Å². The molecular weight excluding hydrogens is 264 g/mol. The van der Waals surface area contributed by atoms with Gasteiger partial charge in [-0.15, -0.1) is 0 Å². The minimum absolute atomic E-state index is 0.133. The van der Waals surface area contributed by atoms with Crippen molar-refractivity contribution < 1.29 is 9.90 Å². The maximum atomic E-state index is 12.0. The molecule has 0 aliphatic carbocycles. The van der Waals surface area contributed by atoms with Gasteiger partial charge in [-0.05, 0) is 36.2 Å². The lowest BCUT2D eigenvalue weighted by atomic mass is 10.1. The monoisotopic (exact) mass is 280 g/mol. The van der Waals surface area contributed by atoms with Crippen LogP contribution in [0, 0.1) is 11.8 Å². The number of carbonyl (C=O) groups excluding carboxylic acids is 1. The van der Waals surface area contributed by atoms with Crippen LogP contribution in [-0.2, 0) is 6.42 Å². The van der Waals surface area contributed by atoms with Crippen LogP contribution in [0.15, 0.2) is 48.8 Å². The third kappa shape index (κ3) is 4.75. The Morgan fingerprint density at radius 3 is 2.95 bits per heavy atom. The first kappa shape index (κ1) is 14.8. The summed E-state index contributed by atoms with van der Waals surface area (Å²) in [6.07, 6.45) is 4.25. The fourth-order valence-electron chi connectivity index (χ4n) is 1.85. The Hall–Kier alpha value is -2.64. The normalized spacial score (nSPS) is 9.57. The van der Waals surface area contributed by atoms with Crippen molar-refractivity contribution in [2.45, 2.75) is 6.42 Å². The summed E-state index contributed by atoms with van der Waals surface area (Å²) in [5.74, 6) is 5.21. The zero-order valence-corrected chi connectivity index (χ0v) is 11.5. The molecule has 0 radical (unpaired) electrons. The Labute approximate surface area is 123 Å². The Morgan fingerprint density at radius 1 is 1.29 bits per heavy atom.